The van der Waals surface area contributed by atoms with Gasteiger partial charge in [-0.15, -0.1) is 0 Å². The summed E-state index contributed by atoms with van der Waals surface area (Å²) in [6.45, 7) is 2.78. The van der Waals surface area contributed by atoms with Crippen LogP contribution in [0.15, 0.2) is 48.5 Å². The maximum absolute atomic E-state index is 12.9. The molecule has 0 saturated heterocycles. The maximum atomic E-state index is 12.9. The number of carbonyl (C=O) groups is 1. The van der Waals surface area contributed by atoms with E-state index < -0.39 is 0 Å². The molecule has 3 rings (SSSR count). The molecule has 2 aromatic rings. The van der Waals surface area contributed by atoms with Gasteiger partial charge in [0.25, 0.3) is 5.91 Å². The summed E-state index contributed by atoms with van der Waals surface area (Å²) >= 11 is 0. The van der Waals surface area contributed by atoms with E-state index in [0.717, 1.165) is 5.69 Å². The number of rotatable bonds is 1. The van der Waals surface area contributed by atoms with Crippen molar-refractivity contribution in [1.29, 1.82) is 0 Å². The number of anilines is 1. The number of nitrogens with zero attached hydrogens (tertiary/aromatic N) is 1. The van der Waals surface area contributed by atoms with Crippen molar-refractivity contribution >= 4 is 11.6 Å². The van der Waals surface area contributed by atoms with E-state index in [4.69, 9.17) is 0 Å². The molecule has 0 spiro atoms. The molecule has 0 bridgehead atoms. The first-order chi connectivity index (χ1) is 9.16. The van der Waals surface area contributed by atoms with E-state index >= 15 is 0 Å². The molecule has 19 heavy (non-hydrogen) atoms. The van der Waals surface area contributed by atoms with Crippen molar-refractivity contribution in [3.05, 3.63) is 65.5 Å². The molecule has 3 heteroatoms. The number of halogens is 1. The Morgan fingerprint density at radius 1 is 1.16 bits per heavy atom. The Hall–Kier alpha value is -2.16. The minimum atomic E-state index is -0.327. The second-order valence-electron chi connectivity index (χ2n) is 4.88. The molecule has 0 aromatic heterocycles. The van der Waals surface area contributed by atoms with Crippen LogP contribution in [-0.2, 0) is 0 Å². The Balaban J connectivity index is 1.96. The number of fused-ring (bicyclic) bond motifs is 1. The van der Waals surface area contributed by atoms with Gasteiger partial charge in [0, 0.05) is 23.7 Å². The Morgan fingerprint density at radius 2 is 1.84 bits per heavy atom. The number of benzene rings is 2. The monoisotopic (exact) mass is 255 g/mol. The first-order valence-corrected chi connectivity index (χ1v) is 6.33. The van der Waals surface area contributed by atoms with Crippen LogP contribution < -0.4 is 4.90 Å². The highest BCUT2D eigenvalue weighted by Gasteiger charge is 2.29. The number of amides is 1. The summed E-state index contributed by atoms with van der Waals surface area (Å²) in [7, 11) is 0. The van der Waals surface area contributed by atoms with Gasteiger partial charge >= 0.3 is 0 Å². The number of para-hydroxylation sites is 1. The highest BCUT2D eigenvalue weighted by atomic mass is 19.1. The number of hydrogen-bond donors (Lipinski definition) is 0. The van der Waals surface area contributed by atoms with Gasteiger partial charge in [0.1, 0.15) is 5.82 Å². The van der Waals surface area contributed by atoms with E-state index in [1.165, 1.54) is 29.8 Å². The molecule has 1 aliphatic rings. The Bertz CT molecular complexity index is 621. The van der Waals surface area contributed by atoms with Gasteiger partial charge in [-0.1, -0.05) is 25.1 Å². The van der Waals surface area contributed by atoms with Gasteiger partial charge in [0.2, 0.25) is 0 Å². The zero-order chi connectivity index (χ0) is 13.4. The molecule has 0 aliphatic carbocycles. The van der Waals surface area contributed by atoms with Crippen molar-refractivity contribution < 1.29 is 9.18 Å². The van der Waals surface area contributed by atoms with Crippen LogP contribution in [0.1, 0.15) is 28.8 Å². The van der Waals surface area contributed by atoms with Crippen molar-refractivity contribution in [2.24, 2.45) is 0 Å². The average molecular weight is 255 g/mol. The van der Waals surface area contributed by atoms with Gasteiger partial charge in [0.05, 0.1) is 0 Å². The van der Waals surface area contributed by atoms with Crippen molar-refractivity contribution in [2.45, 2.75) is 12.8 Å². The normalized spacial score (nSPS) is 17.4. The van der Waals surface area contributed by atoms with E-state index in [-0.39, 0.29) is 11.7 Å². The summed E-state index contributed by atoms with van der Waals surface area (Å²) in [5.74, 6) is -0.0656. The zero-order valence-corrected chi connectivity index (χ0v) is 10.6. The fourth-order valence-electron chi connectivity index (χ4n) is 2.56. The minimum absolute atomic E-state index is 0.0724. The molecule has 1 unspecified atom stereocenters. The van der Waals surface area contributed by atoms with Crippen LogP contribution in [0.2, 0.25) is 0 Å². The Labute approximate surface area is 111 Å². The van der Waals surface area contributed by atoms with Gasteiger partial charge in [-0.3, -0.25) is 4.79 Å². The van der Waals surface area contributed by atoms with Crippen LogP contribution in [0.5, 0.6) is 0 Å². The summed E-state index contributed by atoms with van der Waals surface area (Å²) in [5.41, 5.74) is 2.67. The van der Waals surface area contributed by atoms with Crippen LogP contribution in [0.4, 0.5) is 10.1 Å². The first kappa shape index (κ1) is 11.9. The fourth-order valence-corrected chi connectivity index (χ4v) is 2.56. The van der Waals surface area contributed by atoms with Crippen LogP contribution in [0.25, 0.3) is 0 Å². The summed E-state index contributed by atoms with van der Waals surface area (Å²) in [4.78, 5) is 14.2. The lowest BCUT2D eigenvalue weighted by Gasteiger charge is -2.17. The van der Waals surface area contributed by atoms with E-state index in [9.17, 15) is 9.18 Å². The third-order valence-electron chi connectivity index (χ3n) is 3.55. The van der Waals surface area contributed by atoms with Gasteiger partial charge in [-0.25, -0.2) is 4.39 Å². The third kappa shape index (κ3) is 2.01. The smallest absolute Gasteiger partial charge is 0.258 e. The molecule has 1 amide bonds. The Kier molecular flexibility index (Phi) is 2.82. The van der Waals surface area contributed by atoms with Crippen LogP contribution in [0.3, 0.4) is 0 Å². The molecular formula is C16H14FNO. The highest BCUT2D eigenvalue weighted by Crippen LogP contribution is 2.36. The van der Waals surface area contributed by atoms with E-state index in [1.54, 1.807) is 4.90 Å². The zero-order valence-electron chi connectivity index (χ0n) is 10.6. The topological polar surface area (TPSA) is 20.3 Å². The highest BCUT2D eigenvalue weighted by molar-refractivity contribution is 6.07. The SMILES string of the molecule is CC1CN(C(=O)c2ccc(F)cc2)c2ccccc21. The van der Waals surface area contributed by atoms with Crippen LogP contribution in [-0.4, -0.2) is 12.5 Å². The van der Waals surface area contributed by atoms with Gasteiger partial charge in [0.15, 0.2) is 0 Å². The predicted octanol–water partition coefficient (Wildman–Crippen LogP) is 3.59. The van der Waals surface area contributed by atoms with Crippen LogP contribution >= 0.6 is 0 Å². The molecule has 1 heterocycles. The van der Waals surface area contributed by atoms with Crippen LogP contribution in [0, 0.1) is 5.82 Å². The molecule has 2 nitrogen and oxygen atoms in total. The van der Waals surface area contributed by atoms with E-state index in [2.05, 4.69) is 13.0 Å². The van der Waals surface area contributed by atoms with Gasteiger partial charge in [-0.05, 0) is 35.9 Å². The summed E-state index contributed by atoms with van der Waals surface area (Å²) in [6, 6.07) is 13.6. The molecule has 1 atom stereocenters. The molecule has 0 N–H and O–H groups in total. The number of carbonyl (C=O) groups excluding carboxylic acids is 1. The quantitative estimate of drug-likeness (QED) is 0.762. The lowest BCUT2D eigenvalue weighted by Crippen LogP contribution is -2.29. The first-order valence-electron chi connectivity index (χ1n) is 6.33. The van der Waals surface area contributed by atoms with Gasteiger partial charge in [-0.2, -0.15) is 0 Å². The van der Waals surface area contributed by atoms with E-state index in [1.807, 2.05) is 18.2 Å². The number of hydrogen-bond acceptors (Lipinski definition) is 1. The van der Waals surface area contributed by atoms with Crippen molar-refractivity contribution in [1.82, 2.24) is 0 Å². The van der Waals surface area contributed by atoms with E-state index in [0.29, 0.717) is 18.0 Å². The molecule has 0 fully saturated rings. The minimum Gasteiger partial charge on any atom is -0.307 e. The van der Waals surface area contributed by atoms with Crippen molar-refractivity contribution in [3.63, 3.8) is 0 Å². The standard InChI is InChI=1S/C16H14FNO/c1-11-10-18(15-5-3-2-4-14(11)15)16(19)12-6-8-13(17)9-7-12/h2-9,11H,10H2,1H3. The largest absolute Gasteiger partial charge is 0.307 e. The molecule has 96 valence electrons. The molecule has 0 saturated carbocycles. The average Bonchev–Trinajstić information content (AvgIpc) is 2.77. The fraction of sp³-hybridized carbons (Fsp3) is 0.188. The maximum Gasteiger partial charge on any atom is 0.258 e. The lowest BCUT2D eigenvalue weighted by atomic mass is 10.0. The van der Waals surface area contributed by atoms with Crippen molar-refractivity contribution in [3.8, 4) is 0 Å². The lowest BCUT2D eigenvalue weighted by molar-refractivity contribution is 0.0988. The predicted molar refractivity (Wildman–Crippen MR) is 72.9 cm³/mol. The summed E-state index contributed by atoms with van der Waals surface area (Å²) in [6.07, 6.45) is 0. The molecule has 2 aromatic carbocycles. The molecule has 0 radical (unpaired) electrons. The third-order valence-corrected chi connectivity index (χ3v) is 3.55. The molecule has 1 aliphatic heterocycles. The van der Waals surface area contributed by atoms with Gasteiger partial charge < -0.3 is 4.90 Å². The second-order valence-corrected chi connectivity index (χ2v) is 4.88. The second kappa shape index (κ2) is 4.50. The van der Waals surface area contributed by atoms with Crippen molar-refractivity contribution in [2.75, 3.05) is 11.4 Å². The summed E-state index contributed by atoms with van der Waals surface area (Å²) in [5, 5.41) is 0. The Morgan fingerprint density at radius 3 is 2.58 bits per heavy atom. The molecular weight excluding hydrogens is 241 g/mol. The summed E-state index contributed by atoms with van der Waals surface area (Å²) < 4.78 is 12.9.